The van der Waals surface area contributed by atoms with Gasteiger partial charge in [0.25, 0.3) is 11.6 Å². The van der Waals surface area contributed by atoms with E-state index in [2.05, 4.69) is 10.4 Å². The van der Waals surface area contributed by atoms with Crippen LogP contribution in [0.15, 0.2) is 48.7 Å². The van der Waals surface area contributed by atoms with E-state index < -0.39 is 16.8 Å². The molecule has 0 fully saturated rings. The molecule has 0 atom stereocenters. The number of nitrogens with one attached hydrogen (secondary N) is 1. The van der Waals surface area contributed by atoms with Crippen LogP contribution in [0.25, 0.3) is 5.69 Å². The van der Waals surface area contributed by atoms with E-state index >= 15 is 0 Å². The fraction of sp³-hybridized carbons (Fsp3) is 0.150. The molecule has 0 spiro atoms. The van der Waals surface area contributed by atoms with E-state index in [0.29, 0.717) is 22.6 Å². The molecule has 0 bridgehead atoms. The summed E-state index contributed by atoms with van der Waals surface area (Å²) in [6.07, 6.45) is 1.43. The maximum Gasteiger partial charge on any atom is 0.341 e. The van der Waals surface area contributed by atoms with Gasteiger partial charge in [0.1, 0.15) is 11.1 Å². The average Bonchev–Trinajstić information content (AvgIpc) is 3.10. The molecule has 0 aliphatic rings. The quantitative estimate of drug-likeness (QED) is 0.357. The second-order valence-corrected chi connectivity index (χ2v) is 6.63. The van der Waals surface area contributed by atoms with Crippen LogP contribution < -0.4 is 5.32 Å². The molecule has 0 aliphatic carbocycles. The second kappa shape index (κ2) is 8.75. The predicted molar refractivity (Wildman–Crippen MR) is 110 cm³/mol. The molecule has 1 amide bonds. The van der Waals surface area contributed by atoms with Crippen molar-refractivity contribution in [3.63, 3.8) is 0 Å². The van der Waals surface area contributed by atoms with Gasteiger partial charge in [-0.2, -0.15) is 5.10 Å². The van der Waals surface area contributed by atoms with Crippen LogP contribution >= 0.6 is 11.6 Å². The molecule has 9 nitrogen and oxygen atoms in total. The Kier molecular flexibility index (Phi) is 6.12. The van der Waals surface area contributed by atoms with Gasteiger partial charge in [0.2, 0.25) is 0 Å². The molecular formula is C20H17ClN4O5. The number of halogens is 1. The molecule has 10 heteroatoms. The topological polar surface area (TPSA) is 116 Å². The van der Waals surface area contributed by atoms with Gasteiger partial charge >= 0.3 is 5.97 Å². The summed E-state index contributed by atoms with van der Waals surface area (Å²) in [6.45, 7) is 3.74. The fourth-order valence-electron chi connectivity index (χ4n) is 2.81. The van der Waals surface area contributed by atoms with Gasteiger partial charge < -0.3 is 10.1 Å². The number of carbonyl (C=O) groups excluding carboxylic acids is 2. The molecule has 3 aromatic rings. The Balaban J connectivity index is 1.80. The molecule has 30 heavy (non-hydrogen) atoms. The number of rotatable bonds is 6. The van der Waals surface area contributed by atoms with Crippen LogP contribution in [0.5, 0.6) is 0 Å². The average molecular weight is 429 g/mol. The van der Waals surface area contributed by atoms with E-state index in [-0.39, 0.29) is 22.9 Å². The fourth-order valence-corrected chi connectivity index (χ4v) is 2.98. The lowest BCUT2D eigenvalue weighted by atomic mass is 10.1. The smallest absolute Gasteiger partial charge is 0.341 e. The predicted octanol–water partition coefficient (Wildman–Crippen LogP) is 4.17. The number of benzene rings is 2. The van der Waals surface area contributed by atoms with Gasteiger partial charge in [-0.3, -0.25) is 14.9 Å². The first-order valence-corrected chi connectivity index (χ1v) is 9.27. The van der Waals surface area contributed by atoms with Crippen molar-refractivity contribution in [1.82, 2.24) is 9.78 Å². The van der Waals surface area contributed by atoms with E-state index in [1.165, 1.54) is 18.3 Å². The zero-order chi connectivity index (χ0) is 21.8. The van der Waals surface area contributed by atoms with Gasteiger partial charge in [0.05, 0.1) is 29.1 Å². The number of aromatic nitrogens is 2. The van der Waals surface area contributed by atoms with Gasteiger partial charge in [-0.1, -0.05) is 11.6 Å². The third-order valence-corrected chi connectivity index (χ3v) is 4.51. The minimum Gasteiger partial charge on any atom is -0.462 e. The molecular weight excluding hydrogens is 412 g/mol. The van der Waals surface area contributed by atoms with Crippen LogP contribution in [0.1, 0.15) is 33.3 Å². The lowest BCUT2D eigenvalue weighted by molar-refractivity contribution is -0.385. The Morgan fingerprint density at radius 3 is 2.53 bits per heavy atom. The lowest BCUT2D eigenvalue weighted by Crippen LogP contribution is -2.14. The lowest BCUT2D eigenvalue weighted by Gasteiger charge is -2.09. The first-order chi connectivity index (χ1) is 14.3. The summed E-state index contributed by atoms with van der Waals surface area (Å²) in [5.41, 5.74) is 1.60. The van der Waals surface area contributed by atoms with Gasteiger partial charge in [-0.15, -0.1) is 0 Å². The summed E-state index contributed by atoms with van der Waals surface area (Å²) in [4.78, 5) is 34.9. The van der Waals surface area contributed by atoms with Crippen molar-refractivity contribution in [2.45, 2.75) is 13.8 Å². The van der Waals surface area contributed by atoms with Gasteiger partial charge in [-0.05, 0) is 50.2 Å². The Morgan fingerprint density at radius 1 is 1.20 bits per heavy atom. The summed E-state index contributed by atoms with van der Waals surface area (Å²) in [6, 6.07) is 10.5. The van der Waals surface area contributed by atoms with E-state index in [9.17, 15) is 19.7 Å². The van der Waals surface area contributed by atoms with Gasteiger partial charge in [0, 0.05) is 16.8 Å². The number of nitro groups is 1. The van der Waals surface area contributed by atoms with Crippen LogP contribution in [0.3, 0.4) is 0 Å². The highest BCUT2D eigenvalue weighted by Crippen LogP contribution is 2.24. The number of esters is 1. The zero-order valence-corrected chi connectivity index (χ0v) is 16.8. The Hall–Kier alpha value is -3.72. The number of hydrogen-bond acceptors (Lipinski definition) is 6. The first-order valence-electron chi connectivity index (χ1n) is 8.89. The van der Waals surface area contributed by atoms with E-state index in [4.69, 9.17) is 16.3 Å². The highest BCUT2D eigenvalue weighted by atomic mass is 35.5. The monoisotopic (exact) mass is 428 g/mol. The van der Waals surface area contributed by atoms with Crippen molar-refractivity contribution in [2.75, 3.05) is 11.9 Å². The molecule has 1 heterocycles. The Labute approximate surface area is 176 Å². The highest BCUT2D eigenvalue weighted by molar-refractivity contribution is 6.31. The molecule has 2 aromatic carbocycles. The van der Waals surface area contributed by atoms with Crippen LogP contribution in [0.4, 0.5) is 11.4 Å². The van der Waals surface area contributed by atoms with Crippen molar-refractivity contribution >= 4 is 34.9 Å². The van der Waals surface area contributed by atoms with E-state index in [1.54, 1.807) is 42.8 Å². The third-order valence-electron chi connectivity index (χ3n) is 4.28. The SMILES string of the molecule is CCOC(=O)c1cnn(-c2ccc(NC(=O)c3ccc(Cl)cc3[N+](=O)[O-])cc2)c1C. The number of ether oxygens (including phenoxy) is 1. The molecule has 3 rings (SSSR count). The molecule has 0 unspecified atom stereocenters. The number of anilines is 1. The van der Waals surface area contributed by atoms with Crippen molar-refractivity contribution in [2.24, 2.45) is 0 Å². The van der Waals surface area contributed by atoms with Crippen LogP contribution in [-0.2, 0) is 4.74 Å². The number of nitro benzene ring substituents is 1. The van der Waals surface area contributed by atoms with Gasteiger partial charge in [0.15, 0.2) is 0 Å². The minimum absolute atomic E-state index is 0.101. The number of carbonyl (C=O) groups is 2. The number of hydrogen-bond donors (Lipinski definition) is 1. The maximum absolute atomic E-state index is 12.5. The molecule has 0 saturated heterocycles. The van der Waals surface area contributed by atoms with Crippen LogP contribution in [-0.4, -0.2) is 33.2 Å². The van der Waals surface area contributed by atoms with Crippen molar-refractivity contribution in [1.29, 1.82) is 0 Å². The number of nitrogens with zero attached hydrogens (tertiary/aromatic N) is 3. The molecule has 0 saturated carbocycles. The summed E-state index contributed by atoms with van der Waals surface area (Å²) >= 11 is 5.78. The molecule has 154 valence electrons. The first kappa shape index (κ1) is 21.0. The number of amides is 1. The molecule has 1 N–H and O–H groups in total. The highest BCUT2D eigenvalue weighted by Gasteiger charge is 2.21. The normalized spacial score (nSPS) is 10.5. The van der Waals surface area contributed by atoms with E-state index in [1.807, 2.05) is 0 Å². The standard InChI is InChI=1S/C20H17ClN4O5/c1-3-30-20(27)17-11-22-24(12(17)2)15-7-5-14(6-8-15)23-19(26)16-9-4-13(21)10-18(16)25(28)29/h4-11H,3H2,1-2H3,(H,23,26). The van der Waals surface area contributed by atoms with Crippen molar-refractivity contribution < 1.29 is 19.2 Å². The maximum atomic E-state index is 12.5. The largest absolute Gasteiger partial charge is 0.462 e. The van der Waals surface area contributed by atoms with Crippen LogP contribution in [0, 0.1) is 17.0 Å². The summed E-state index contributed by atoms with van der Waals surface area (Å²) in [5, 5.41) is 18.2. The summed E-state index contributed by atoms with van der Waals surface area (Å²) < 4.78 is 6.57. The van der Waals surface area contributed by atoms with Crippen molar-refractivity contribution in [3.05, 3.63) is 80.6 Å². The van der Waals surface area contributed by atoms with E-state index in [0.717, 1.165) is 6.07 Å². The van der Waals surface area contributed by atoms with Gasteiger partial charge in [-0.25, -0.2) is 9.48 Å². The van der Waals surface area contributed by atoms with Crippen molar-refractivity contribution in [3.8, 4) is 5.69 Å². The molecule has 0 aliphatic heterocycles. The zero-order valence-electron chi connectivity index (χ0n) is 16.1. The summed E-state index contributed by atoms with van der Waals surface area (Å²) in [7, 11) is 0. The van der Waals surface area contributed by atoms with Crippen LogP contribution in [0.2, 0.25) is 5.02 Å². The molecule has 1 aromatic heterocycles. The Morgan fingerprint density at radius 2 is 1.90 bits per heavy atom. The molecule has 0 radical (unpaired) electrons. The second-order valence-electron chi connectivity index (χ2n) is 6.20. The summed E-state index contributed by atoms with van der Waals surface area (Å²) in [5.74, 6) is -1.08. The Bertz CT molecular complexity index is 1120. The minimum atomic E-state index is -0.661. The third kappa shape index (κ3) is 4.31.